The topological polar surface area (TPSA) is 109 Å². The molecule has 2 N–H and O–H groups in total. The van der Waals surface area contributed by atoms with Gasteiger partial charge in [-0.05, 0) is 0 Å². The van der Waals surface area contributed by atoms with Gasteiger partial charge in [0.05, 0.1) is 0 Å². The van der Waals surface area contributed by atoms with Gasteiger partial charge < -0.3 is 5.11 Å². The highest BCUT2D eigenvalue weighted by Gasteiger charge is 2.14. The monoisotopic (exact) mass is 180 g/mol. The highest BCUT2D eigenvalue weighted by molar-refractivity contribution is 8.01. The van der Waals surface area contributed by atoms with Crippen LogP contribution in [0, 0.1) is 0 Å². The summed E-state index contributed by atoms with van der Waals surface area (Å²) in [7, 11) is -4.79. The Balaban J connectivity index is 4.46. The first-order valence-corrected chi connectivity index (χ1v) is 3.70. The van der Waals surface area contributed by atoms with Crippen LogP contribution in [-0.4, -0.2) is 29.2 Å². The molecule has 7 heteroatoms. The molecule has 0 aliphatic heterocycles. The minimum absolute atomic E-state index is 0.248. The first-order chi connectivity index (χ1) is 4.84. The standard InChI is InChI=1S/C4H4O6S/c5-3(6)1-2-4(7)11(8,9)10/h1-2H,(H,5,6)(H,8,9,10)/b2-1+. The summed E-state index contributed by atoms with van der Waals surface area (Å²) in [6.45, 7) is 0. The van der Waals surface area contributed by atoms with Gasteiger partial charge in [-0.2, -0.15) is 8.42 Å². The molecule has 0 rings (SSSR count). The van der Waals surface area contributed by atoms with Gasteiger partial charge in [0.25, 0.3) is 5.12 Å². The van der Waals surface area contributed by atoms with Gasteiger partial charge in [0.1, 0.15) is 0 Å². The highest BCUT2D eigenvalue weighted by atomic mass is 32.2. The van der Waals surface area contributed by atoms with Crippen molar-refractivity contribution in [1.29, 1.82) is 0 Å². The van der Waals surface area contributed by atoms with Crippen molar-refractivity contribution in [2.24, 2.45) is 0 Å². The van der Waals surface area contributed by atoms with Crippen LogP contribution in [0.3, 0.4) is 0 Å². The van der Waals surface area contributed by atoms with Gasteiger partial charge in [-0.15, -0.1) is 0 Å². The van der Waals surface area contributed by atoms with E-state index >= 15 is 0 Å². The zero-order chi connectivity index (χ0) is 9.07. The molecular weight excluding hydrogens is 176 g/mol. The van der Waals surface area contributed by atoms with Crippen LogP contribution >= 0.6 is 0 Å². The van der Waals surface area contributed by atoms with Gasteiger partial charge in [0.15, 0.2) is 0 Å². The van der Waals surface area contributed by atoms with Crippen molar-refractivity contribution in [1.82, 2.24) is 0 Å². The summed E-state index contributed by atoms with van der Waals surface area (Å²) in [5, 5.41) is 6.26. The molecule has 0 fully saturated rings. The summed E-state index contributed by atoms with van der Waals surface area (Å²) < 4.78 is 27.8. The van der Waals surface area contributed by atoms with Crippen molar-refractivity contribution in [2.45, 2.75) is 0 Å². The molecule has 0 aromatic heterocycles. The van der Waals surface area contributed by atoms with E-state index in [9.17, 15) is 18.0 Å². The van der Waals surface area contributed by atoms with Crippen molar-refractivity contribution < 1.29 is 27.7 Å². The second kappa shape index (κ2) is 3.26. The van der Waals surface area contributed by atoms with Crippen LogP contribution in [0.2, 0.25) is 0 Å². The molecular formula is C4H4O6S. The lowest BCUT2D eigenvalue weighted by Crippen LogP contribution is -2.10. The van der Waals surface area contributed by atoms with Gasteiger partial charge in [-0.1, -0.05) is 0 Å². The largest absolute Gasteiger partial charge is 0.478 e. The summed E-state index contributed by atoms with van der Waals surface area (Å²) in [4.78, 5) is 19.9. The first kappa shape index (κ1) is 9.79. The van der Waals surface area contributed by atoms with Crippen LogP contribution in [0.15, 0.2) is 12.2 Å². The van der Waals surface area contributed by atoms with Crippen molar-refractivity contribution in [3.63, 3.8) is 0 Å². The molecule has 0 bridgehead atoms. The quantitative estimate of drug-likeness (QED) is 0.418. The number of hydrogen-bond acceptors (Lipinski definition) is 4. The number of carboxylic acids is 1. The fourth-order valence-electron chi connectivity index (χ4n) is 0.225. The van der Waals surface area contributed by atoms with Crippen LogP contribution < -0.4 is 0 Å². The van der Waals surface area contributed by atoms with Crippen LogP contribution in [-0.2, 0) is 19.7 Å². The van der Waals surface area contributed by atoms with Gasteiger partial charge >= 0.3 is 16.1 Å². The molecule has 6 nitrogen and oxygen atoms in total. The molecule has 0 aromatic rings. The lowest BCUT2D eigenvalue weighted by molar-refractivity contribution is -0.131. The predicted octanol–water partition coefficient (Wildman–Crippen LogP) is -0.958. The average Bonchev–Trinajstić information content (AvgIpc) is 1.80. The van der Waals surface area contributed by atoms with Crippen molar-refractivity contribution in [3.8, 4) is 0 Å². The van der Waals surface area contributed by atoms with E-state index in [0.717, 1.165) is 0 Å². The Hall–Kier alpha value is -1.21. The Bertz CT molecular complexity index is 297. The molecule has 0 saturated heterocycles. The third kappa shape index (κ3) is 4.23. The lowest BCUT2D eigenvalue weighted by atomic mass is 10.5. The van der Waals surface area contributed by atoms with Crippen LogP contribution in [0.4, 0.5) is 0 Å². The third-order valence-corrected chi connectivity index (χ3v) is 1.26. The molecule has 0 aromatic carbocycles. The molecule has 0 radical (unpaired) electrons. The highest BCUT2D eigenvalue weighted by Crippen LogP contribution is 1.87. The molecule has 0 saturated carbocycles. The normalized spacial score (nSPS) is 11.7. The molecule has 0 atom stereocenters. The summed E-state index contributed by atoms with van der Waals surface area (Å²) in [6, 6.07) is 0. The van der Waals surface area contributed by atoms with Crippen molar-refractivity contribution in [3.05, 3.63) is 12.2 Å². The average molecular weight is 180 g/mol. The number of carboxylic acid groups (broad SMARTS) is 1. The smallest absolute Gasteiger partial charge is 0.332 e. The Morgan fingerprint density at radius 3 is 1.91 bits per heavy atom. The van der Waals surface area contributed by atoms with E-state index in [2.05, 4.69) is 0 Å². The van der Waals surface area contributed by atoms with Gasteiger partial charge in [0, 0.05) is 12.2 Å². The minimum atomic E-state index is -4.79. The Kier molecular flexibility index (Phi) is 2.90. The number of aliphatic carboxylic acids is 1. The van der Waals surface area contributed by atoms with E-state index < -0.39 is 21.2 Å². The molecule has 0 spiro atoms. The van der Waals surface area contributed by atoms with E-state index in [0.29, 0.717) is 6.08 Å². The SMILES string of the molecule is O=C(O)/C=C/C(=O)S(=O)(=O)O. The molecule has 0 aliphatic rings. The van der Waals surface area contributed by atoms with E-state index in [-0.39, 0.29) is 6.08 Å². The maximum Gasteiger partial charge on any atom is 0.332 e. The molecule has 0 amide bonds. The van der Waals surface area contributed by atoms with E-state index in [1.165, 1.54) is 0 Å². The van der Waals surface area contributed by atoms with Gasteiger partial charge in [-0.25, -0.2) is 4.79 Å². The molecule has 62 valence electrons. The minimum Gasteiger partial charge on any atom is -0.478 e. The summed E-state index contributed by atoms with van der Waals surface area (Å²) in [6.07, 6.45) is 0.563. The summed E-state index contributed by atoms with van der Waals surface area (Å²) in [5.74, 6) is -1.47. The Labute approximate surface area is 61.9 Å². The van der Waals surface area contributed by atoms with Crippen LogP contribution in [0.25, 0.3) is 0 Å². The number of hydrogen-bond donors (Lipinski definition) is 2. The third-order valence-electron chi connectivity index (χ3n) is 0.616. The van der Waals surface area contributed by atoms with E-state index in [4.69, 9.17) is 9.66 Å². The van der Waals surface area contributed by atoms with Gasteiger partial charge in [0.2, 0.25) is 0 Å². The molecule has 0 aliphatic carbocycles. The van der Waals surface area contributed by atoms with E-state index in [1.807, 2.05) is 0 Å². The second-order valence-corrected chi connectivity index (χ2v) is 2.82. The fourth-order valence-corrected chi connectivity index (χ4v) is 0.465. The van der Waals surface area contributed by atoms with Crippen molar-refractivity contribution in [2.75, 3.05) is 0 Å². The van der Waals surface area contributed by atoms with Crippen LogP contribution in [0.1, 0.15) is 0 Å². The van der Waals surface area contributed by atoms with Gasteiger partial charge in [-0.3, -0.25) is 9.35 Å². The lowest BCUT2D eigenvalue weighted by Gasteiger charge is -1.84. The molecule has 0 unspecified atom stereocenters. The second-order valence-electron chi connectivity index (χ2n) is 1.47. The fraction of sp³-hybridized carbons (Fsp3) is 0. The zero-order valence-corrected chi connectivity index (χ0v) is 5.91. The Morgan fingerprint density at radius 2 is 1.64 bits per heavy atom. The van der Waals surface area contributed by atoms with E-state index in [1.54, 1.807) is 0 Å². The number of rotatable bonds is 2. The van der Waals surface area contributed by atoms with Crippen LogP contribution in [0.5, 0.6) is 0 Å². The number of carbonyl (C=O) groups excluding carboxylic acids is 1. The van der Waals surface area contributed by atoms with Crippen molar-refractivity contribution >= 4 is 21.2 Å². The predicted molar refractivity (Wildman–Crippen MR) is 33.3 cm³/mol. The Morgan fingerprint density at radius 1 is 1.18 bits per heavy atom. The molecule has 11 heavy (non-hydrogen) atoms. The maximum absolute atomic E-state index is 10.2. The maximum atomic E-state index is 10.2. The first-order valence-electron chi connectivity index (χ1n) is 2.26. The summed E-state index contributed by atoms with van der Waals surface area (Å²) in [5.41, 5.74) is 0. The zero-order valence-electron chi connectivity index (χ0n) is 5.09. The summed E-state index contributed by atoms with van der Waals surface area (Å²) >= 11 is 0. The molecule has 0 heterocycles. The number of carbonyl (C=O) groups is 2.